The summed E-state index contributed by atoms with van der Waals surface area (Å²) in [6.07, 6.45) is 3.61. The van der Waals surface area contributed by atoms with Crippen molar-refractivity contribution in [1.82, 2.24) is 4.98 Å². The third-order valence-corrected chi connectivity index (χ3v) is 1.99. The number of aromatic nitrogens is 1. The fourth-order valence-electron chi connectivity index (χ4n) is 1.30. The van der Waals surface area contributed by atoms with Crippen LogP contribution in [-0.2, 0) is 0 Å². The quantitative estimate of drug-likeness (QED) is 0.747. The summed E-state index contributed by atoms with van der Waals surface area (Å²) >= 11 is 0. The molecular formula is C13H17NO. The SMILES string of the molecule is C=Cc1cc(C)c(OC(C)C)nc1C=C. The molecule has 1 aromatic heterocycles. The molecule has 1 aromatic rings. The van der Waals surface area contributed by atoms with Crippen molar-refractivity contribution >= 4 is 12.2 Å². The highest BCUT2D eigenvalue weighted by Gasteiger charge is 2.07. The first-order valence-electron chi connectivity index (χ1n) is 5.01. The van der Waals surface area contributed by atoms with E-state index in [9.17, 15) is 0 Å². The summed E-state index contributed by atoms with van der Waals surface area (Å²) in [7, 11) is 0. The maximum atomic E-state index is 5.59. The Labute approximate surface area is 91.3 Å². The van der Waals surface area contributed by atoms with Crippen LogP contribution in [0.15, 0.2) is 19.2 Å². The van der Waals surface area contributed by atoms with E-state index in [1.807, 2.05) is 26.8 Å². The van der Waals surface area contributed by atoms with Crippen LogP contribution in [0.3, 0.4) is 0 Å². The minimum Gasteiger partial charge on any atom is -0.475 e. The van der Waals surface area contributed by atoms with Crippen LogP contribution in [0.1, 0.15) is 30.7 Å². The van der Waals surface area contributed by atoms with E-state index in [1.54, 1.807) is 12.2 Å². The van der Waals surface area contributed by atoms with Gasteiger partial charge in [-0.25, -0.2) is 4.98 Å². The molecule has 0 fully saturated rings. The van der Waals surface area contributed by atoms with Crippen LogP contribution in [0.5, 0.6) is 5.88 Å². The maximum Gasteiger partial charge on any atom is 0.217 e. The Morgan fingerprint density at radius 1 is 1.33 bits per heavy atom. The van der Waals surface area contributed by atoms with Crippen LogP contribution in [0.2, 0.25) is 0 Å². The van der Waals surface area contributed by atoms with E-state index in [0.29, 0.717) is 5.88 Å². The number of nitrogens with zero attached hydrogens (tertiary/aromatic N) is 1. The maximum absolute atomic E-state index is 5.59. The van der Waals surface area contributed by atoms with Crippen molar-refractivity contribution in [2.75, 3.05) is 0 Å². The summed E-state index contributed by atoms with van der Waals surface area (Å²) < 4.78 is 5.59. The molecule has 1 rings (SSSR count). The van der Waals surface area contributed by atoms with E-state index in [4.69, 9.17) is 4.74 Å². The Morgan fingerprint density at radius 2 is 2.00 bits per heavy atom. The van der Waals surface area contributed by atoms with Crippen LogP contribution in [0.4, 0.5) is 0 Å². The highest BCUT2D eigenvalue weighted by atomic mass is 16.5. The van der Waals surface area contributed by atoms with Crippen LogP contribution in [-0.4, -0.2) is 11.1 Å². The minimum atomic E-state index is 0.128. The van der Waals surface area contributed by atoms with Crippen molar-refractivity contribution in [3.8, 4) is 5.88 Å². The van der Waals surface area contributed by atoms with E-state index in [-0.39, 0.29) is 6.10 Å². The molecule has 0 spiro atoms. The highest BCUT2D eigenvalue weighted by molar-refractivity contribution is 5.62. The molecular weight excluding hydrogens is 186 g/mol. The lowest BCUT2D eigenvalue weighted by atomic mass is 10.1. The number of aryl methyl sites for hydroxylation is 1. The first kappa shape index (κ1) is 11.5. The summed E-state index contributed by atoms with van der Waals surface area (Å²) in [6, 6.07) is 2.01. The van der Waals surface area contributed by atoms with Gasteiger partial charge in [0.05, 0.1) is 11.8 Å². The third kappa shape index (κ3) is 2.69. The van der Waals surface area contributed by atoms with Crippen LogP contribution in [0.25, 0.3) is 12.2 Å². The Morgan fingerprint density at radius 3 is 2.47 bits per heavy atom. The van der Waals surface area contributed by atoms with Gasteiger partial charge in [0, 0.05) is 11.1 Å². The van der Waals surface area contributed by atoms with Gasteiger partial charge in [-0.05, 0) is 32.9 Å². The molecule has 0 unspecified atom stereocenters. The Hall–Kier alpha value is -1.57. The topological polar surface area (TPSA) is 22.1 Å². The molecule has 2 heteroatoms. The van der Waals surface area contributed by atoms with Gasteiger partial charge in [0.2, 0.25) is 5.88 Å². The van der Waals surface area contributed by atoms with Gasteiger partial charge in [0.15, 0.2) is 0 Å². The molecule has 0 radical (unpaired) electrons. The lowest BCUT2D eigenvalue weighted by Gasteiger charge is -2.13. The average Bonchev–Trinajstić information content (AvgIpc) is 2.19. The molecule has 0 saturated heterocycles. The zero-order valence-electron chi connectivity index (χ0n) is 9.58. The normalized spacial score (nSPS) is 10.1. The van der Waals surface area contributed by atoms with Gasteiger partial charge in [-0.3, -0.25) is 0 Å². The molecule has 0 aliphatic carbocycles. The molecule has 1 heterocycles. The van der Waals surface area contributed by atoms with Crippen molar-refractivity contribution in [2.45, 2.75) is 26.9 Å². The van der Waals surface area contributed by atoms with Gasteiger partial charge >= 0.3 is 0 Å². The average molecular weight is 203 g/mol. The number of pyridine rings is 1. The Kier molecular flexibility index (Phi) is 3.67. The van der Waals surface area contributed by atoms with E-state index >= 15 is 0 Å². The molecule has 0 aliphatic heterocycles. The summed E-state index contributed by atoms with van der Waals surface area (Å²) in [5, 5.41) is 0. The predicted octanol–water partition coefficient (Wildman–Crippen LogP) is 3.46. The first-order chi connectivity index (χ1) is 7.08. The van der Waals surface area contributed by atoms with Crippen LogP contribution in [0, 0.1) is 6.92 Å². The number of hydrogen-bond acceptors (Lipinski definition) is 2. The summed E-state index contributed by atoms with van der Waals surface area (Å²) in [4.78, 5) is 4.39. The summed E-state index contributed by atoms with van der Waals surface area (Å²) in [5.41, 5.74) is 2.81. The second kappa shape index (κ2) is 4.78. The molecule has 80 valence electrons. The van der Waals surface area contributed by atoms with Crippen molar-refractivity contribution in [2.24, 2.45) is 0 Å². The van der Waals surface area contributed by atoms with Gasteiger partial charge in [-0.1, -0.05) is 19.2 Å². The van der Waals surface area contributed by atoms with Crippen molar-refractivity contribution in [3.63, 3.8) is 0 Å². The Bertz CT molecular complexity index is 380. The smallest absolute Gasteiger partial charge is 0.217 e. The second-order valence-electron chi connectivity index (χ2n) is 3.66. The first-order valence-corrected chi connectivity index (χ1v) is 5.01. The van der Waals surface area contributed by atoms with Crippen molar-refractivity contribution in [1.29, 1.82) is 0 Å². The van der Waals surface area contributed by atoms with Crippen LogP contribution < -0.4 is 4.74 Å². The van der Waals surface area contributed by atoms with E-state index in [0.717, 1.165) is 16.8 Å². The molecule has 15 heavy (non-hydrogen) atoms. The highest BCUT2D eigenvalue weighted by Crippen LogP contribution is 2.21. The van der Waals surface area contributed by atoms with Gasteiger partial charge in [-0.15, -0.1) is 0 Å². The fraction of sp³-hybridized carbons (Fsp3) is 0.308. The largest absolute Gasteiger partial charge is 0.475 e. The lowest BCUT2D eigenvalue weighted by Crippen LogP contribution is -2.09. The molecule has 0 N–H and O–H groups in total. The molecule has 0 atom stereocenters. The van der Waals surface area contributed by atoms with E-state index < -0.39 is 0 Å². The van der Waals surface area contributed by atoms with Crippen molar-refractivity contribution < 1.29 is 4.74 Å². The molecule has 0 amide bonds. The summed E-state index contributed by atoms with van der Waals surface area (Å²) in [5.74, 6) is 0.672. The number of rotatable bonds is 4. The standard InChI is InChI=1S/C13H17NO/c1-6-11-8-10(5)13(15-9(3)4)14-12(11)7-2/h6-9H,1-2H2,3-5H3. The molecule has 0 saturated carbocycles. The zero-order valence-corrected chi connectivity index (χ0v) is 9.58. The number of ether oxygens (including phenoxy) is 1. The second-order valence-corrected chi connectivity index (χ2v) is 3.66. The fourth-order valence-corrected chi connectivity index (χ4v) is 1.30. The van der Waals surface area contributed by atoms with Gasteiger partial charge in [-0.2, -0.15) is 0 Å². The number of hydrogen-bond donors (Lipinski definition) is 0. The predicted molar refractivity (Wildman–Crippen MR) is 64.9 cm³/mol. The third-order valence-electron chi connectivity index (χ3n) is 1.99. The van der Waals surface area contributed by atoms with Crippen LogP contribution >= 0.6 is 0 Å². The summed E-state index contributed by atoms with van der Waals surface area (Å²) in [6.45, 7) is 13.4. The Balaban J connectivity index is 3.19. The van der Waals surface area contributed by atoms with Gasteiger partial charge in [0.25, 0.3) is 0 Å². The lowest BCUT2D eigenvalue weighted by molar-refractivity contribution is 0.230. The van der Waals surface area contributed by atoms with E-state index in [2.05, 4.69) is 18.1 Å². The van der Waals surface area contributed by atoms with Crippen molar-refractivity contribution in [3.05, 3.63) is 36.0 Å². The van der Waals surface area contributed by atoms with Gasteiger partial charge < -0.3 is 4.74 Å². The molecule has 2 nitrogen and oxygen atoms in total. The zero-order chi connectivity index (χ0) is 11.4. The molecule has 0 aromatic carbocycles. The molecule has 0 bridgehead atoms. The molecule has 0 aliphatic rings. The monoisotopic (exact) mass is 203 g/mol. The van der Waals surface area contributed by atoms with Gasteiger partial charge in [0.1, 0.15) is 0 Å². The van der Waals surface area contributed by atoms with E-state index in [1.165, 1.54) is 0 Å². The minimum absolute atomic E-state index is 0.128.